The van der Waals surface area contributed by atoms with Crippen LogP contribution in [0.5, 0.6) is 0 Å². The van der Waals surface area contributed by atoms with Crippen LogP contribution in [-0.4, -0.2) is 39.1 Å². The quantitative estimate of drug-likeness (QED) is 0.470. The molecule has 30 heavy (non-hydrogen) atoms. The smallest absolute Gasteiger partial charge is 0.247 e. The molecule has 0 radical (unpaired) electrons. The van der Waals surface area contributed by atoms with E-state index >= 15 is 0 Å². The fourth-order valence-electron chi connectivity index (χ4n) is 3.86. The van der Waals surface area contributed by atoms with Crippen molar-refractivity contribution in [1.29, 1.82) is 0 Å². The average Bonchev–Trinajstić information content (AvgIpc) is 3.45. The van der Waals surface area contributed by atoms with E-state index in [0.29, 0.717) is 30.5 Å². The summed E-state index contributed by atoms with van der Waals surface area (Å²) in [5.41, 5.74) is 1.96. The molecule has 0 aliphatic carbocycles. The van der Waals surface area contributed by atoms with Crippen molar-refractivity contribution < 1.29 is 9.21 Å². The third-order valence-electron chi connectivity index (χ3n) is 5.55. The fourth-order valence-corrected chi connectivity index (χ4v) is 5.00. The number of fused-ring (bicyclic) bond motifs is 1. The van der Waals surface area contributed by atoms with E-state index in [1.54, 1.807) is 11.3 Å². The third kappa shape index (κ3) is 3.98. The Kier molecular flexibility index (Phi) is 5.27. The second-order valence-corrected chi connectivity index (χ2v) is 8.60. The van der Waals surface area contributed by atoms with Crippen LogP contribution < -0.4 is 0 Å². The van der Waals surface area contributed by atoms with E-state index in [9.17, 15) is 4.79 Å². The van der Waals surface area contributed by atoms with Gasteiger partial charge >= 0.3 is 0 Å². The van der Waals surface area contributed by atoms with E-state index in [0.717, 1.165) is 37.0 Å². The van der Waals surface area contributed by atoms with Crippen LogP contribution in [-0.2, 0) is 11.2 Å². The predicted octanol–water partition coefficient (Wildman–Crippen LogP) is 4.69. The number of hydrogen-bond donors (Lipinski definition) is 0. The Morgan fingerprint density at radius 1 is 1.03 bits per heavy atom. The van der Waals surface area contributed by atoms with E-state index in [2.05, 4.69) is 28.4 Å². The average molecular weight is 419 g/mol. The van der Waals surface area contributed by atoms with Gasteiger partial charge in [-0.05, 0) is 37.1 Å². The Hall–Kier alpha value is -3.06. The zero-order valence-electron chi connectivity index (χ0n) is 16.5. The molecular formula is C23H22N4O2S. The number of amides is 1. The number of benzene rings is 2. The standard InChI is InChI=1S/C23H22N4O2S/c28-21(11-10-20-25-26-22(29-20)16-6-2-1-3-7-16)27-14-12-17(13-15-27)23-24-18-8-4-5-9-19(18)30-23/h1-9,17H,10-15H2. The summed E-state index contributed by atoms with van der Waals surface area (Å²) in [6.07, 6.45) is 2.78. The van der Waals surface area contributed by atoms with Gasteiger partial charge in [-0.15, -0.1) is 21.5 Å². The second kappa shape index (κ2) is 8.36. The van der Waals surface area contributed by atoms with Crippen LogP contribution in [0.4, 0.5) is 0 Å². The lowest BCUT2D eigenvalue weighted by molar-refractivity contribution is -0.132. The summed E-state index contributed by atoms with van der Waals surface area (Å²) in [4.78, 5) is 19.4. The maximum absolute atomic E-state index is 12.7. The van der Waals surface area contributed by atoms with Gasteiger partial charge in [0.2, 0.25) is 17.7 Å². The number of para-hydroxylation sites is 1. The van der Waals surface area contributed by atoms with Crippen molar-refractivity contribution in [3.8, 4) is 11.5 Å². The molecule has 1 aliphatic rings. The Morgan fingerprint density at radius 3 is 2.60 bits per heavy atom. The number of piperidine rings is 1. The molecule has 2 aromatic heterocycles. The molecule has 4 aromatic rings. The van der Waals surface area contributed by atoms with Crippen molar-refractivity contribution in [3.05, 3.63) is 65.5 Å². The predicted molar refractivity (Wildman–Crippen MR) is 116 cm³/mol. The summed E-state index contributed by atoms with van der Waals surface area (Å²) in [6, 6.07) is 17.9. The highest BCUT2D eigenvalue weighted by Crippen LogP contribution is 2.34. The van der Waals surface area contributed by atoms with Crippen LogP contribution in [0.1, 0.15) is 36.1 Å². The van der Waals surface area contributed by atoms with Crippen molar-refractivity contribution >= 4 is 27.5 Å². The molecule has 3 heterocycles. The van der Waals surface area contributed by atoms with Gasteiger partial charge in [0, 0.05) is 37.4 Å². The summed E-state index contributed by atoms with van der Waals surface area (Å²) in [7, 11) is 0. The highest BCUT2D eigenvalue weighted by molar-refractivity contribution is 7.18. The molecule has 0 atom stereocenters. The molecule has 0 saturated carbocycles. The molecule has 1 fully saturated rings. The summed E-state index contributed by atoms with van der Waals surface area (Å²) >= 11 is 1.78. The van der Waals surface area contributed by atoms with Crippen LogP contribution >= 0.6 is 11.3 Å². The first-order chi connectivity index (χ1) is 14.8. The minimum absolute atomic E-state index is 0.150. The van der Waals surface area contributed by atoms with E-state index in [1.165, 1.54) is 9.71 Å². The zero-order chi connectivity index (χ0) is 20.3. The second-order valence-electron chi connectivity index (χ2n) is 7.54. The lowest BCUT2D eigenvalue weighted by Gasteiger charge is -2.31. The van der Waals surface area contributed by atoms with Gasteiger partial charge in [0.1, 0.15) is 0 Å². The van der Waals surface area contributed by atoms with Gasteiger partial charge in [-0.3, -0.25) is 4.79 Å². The number of carbonyl (C=O) groups is 1. The van der Waals surface area contributed by atoms with Crippen LogP contribution in [0.15, 0.2) is 59.0 Å². The monoisotopic (exact) mass is 418 g/mol. The SMILES string of the molecule is O=C(CCc1nnc(-c2ccccc2)o1)N1CCC(c2nc3ccccc3s2)CC1. The highest BCUT2D eigenvalue weighted by Gasteiger charge is 2.26. The van der Waals surface area contributed by atoms with Crippen molar-refractivity contribution in [2.45, 2.75) is 31.6 Å². The number of thiazole rings is 1. The van der Waals surface area contributed by atoms with Crippen LogP contribution in [0, 0.1) is 0 Å². The maximum atomic E-state index is 12.7. The largest absolute Gasteiger partial charge is 0.421 e. The van der Waals surface area contributed by atoms with Gasteiger partial charge in [-0.25, -0.2) is 4.98 Å². The van der Waals surface area contributed by atoms with Crippen LogP contribution in [0.3, 0.4) is 0 Å². The molecule has 5 rings (SSSR count). The first-order valence-corrected chi connectivity index (χ1v) is 11.1. The van der Waals surface area contributed by atoms with Gasteiger partial charge < -0.3 is 9.32 Å². The maximum Gasteiger partial charge on any atom is 0.247 e. The fraction of sp³-hybridized carbons (Fsp3) is 0.304. The Balaban J connectivity index is 1.14. The molecule has 6 nitrogen and oxygen atoms in total. The number of nitrogens with zero attached hydrogens (tertiary/aromatic N) is 4. The number of aromatic nitrogens is 3. The number of aryl methyl sites for hydroxylation is 1. The molecule has 1 amide bonds. The van der Waals surface area contributed by atoms with Gasteiger partial charge in [0.05, 0.1) is 15.2 Å². The third-order valence-corrected chi connectivity index (χ3v) is 6.75. The molecule has 2 aromatic carbocycles. The number of hydrogen-bond acceptors (Lipinski definition) is 6. The number of carbonyl (C=O) groups excluding carboxylic acids is 1. The van der Waals surface area contributed by atoms with Crippen molar-refractivity contribution in [1.82, 2.24) is 20.1 Å². The molecule has 1 aliphatic heterocycles. The summed E-state index contributed by atoms with van der Waals surface area (Å²) in [6.45, 7) is 1.55. The molecule has 0 N–H and O–H groups in total. The van der Waals surface area contributed by atoms with Crippen molar-refractivity contribution in [2.24, 2.45) is 0 Å². The molecule has 7 heteroatoms. The Bertz CT molecular complexity index is 1110. The minimum Gasteiger partial charge on any atom is -0.421 e. The molecule has 0 bridgehead atoms. The van der Waals surface area contributed by atoms with Crippen molar-refractivity contribution in [2.75, 3.05) is 13.1 Å². The van der Waals surface area contributed by atoms with E-state index in [4.69, 9.17) is 9.40 Å². The number of likely N-dealkylation sites (tertiary alicyclic amines) is 1. The molecular weight excluding hydrogens is 396 g/mol. The highest BCUT2D eigenvalue weighted by atomic mass is 32.1. The molecule has 152 valence electrons. The van der Waals surface area contributed by atoms with Crippen molar-refractivity contribution in [3.63, 3.8) is 0 Å². The van der Waals surface area contributed by atoms with E-state index < -0.39 is 0 Å². The minimum atomic E-state index is 0.150. The molecule has 0 unspecified atom stereocenters. The van der Waals surface area contributed by atoms with Crippen LogP contribution in [0.25, 0.3) is 21.7 Å². The van der Waals surface area contributed by atoms with Gasteiger partial charge in [0.25, 0.3) is 0 Å². The first-order valence-electron chi connectivity index (χ1n) is 10.3. The Morgan fingerprint density at radius 2 is 1.80 bits per heavy atom. The van der Waals surface area contributed by atoms with E-state index in [1.807, 2.05) is 41.3 Å². The Labute approximate surface area is 178 Å². The van der Waals surface area contributed by atoms with Gasteiger partial charge in [-0.1, -0.05) is 30.3 Å². The topological polar surface area (TPSA) is 72.1 Å². The zero-order valence-corrected chi connectivity index (χ0v) is 17.3. The summed E-state index contributed by atoms with van der Waals surface area (Å²) in [5, 5.41) is 9.38. The molecule has 0 spiro atoms. The summed E-state index contributed by atoms with van der Waals surface area (Å²) in [5.74, 6) is 1.59. The van der Waals surface area contributed by atoms with Gasteiger partial charge in [-0.2, -0.15) is 0 Å². The van der Waals surface area contributed by atoms with E-state index in [-0.39, 0.29) is 5.91 Å². The normalized spacial score (nSPS) is 15.0. The lowest BCUT2D eigenvalue weighted by atomic mass is 9.97. The van der Waals surface area contributed by atoms with Crippen LogP contribution in [0.2, 0.25) is 0 Å². The summed E-state index contributed by atoms with van der Waals surface area (Å²) < 4.78 is 6.95. The first kappa shape index (κ1) is 18.9. The number of rotatable bonds is 5. The lowest BCUT2D eigenvalue weighted by Crippen LogP contribution is -2.38. The van der Waals surface area contributed by atoms with Gasteiger partial charge in [0.15, 0.2) is 0 Å². The molecule has 1 saturated heterocycles.